The highest BCUT2D eigenvalue weighted by Gasteiger charge is 2.14. The van der Waals surface area contributed by atoms with Crippen LogP contribution in [0.3, 0.4) is 0 Å². The molecule has 0 saturated heterocycles. The van der Waals surface area contributed by atoms with E-state index in [-0.39, 0.29) is 11.6 Å². The van der Waals surface area contributed by atoms with Crippen molar-refractivity contribution < 1.29 is 19.1 Å². The summed E-state index contributed by atoms with van der Waals surface area (Å²) in [5.74, 6) is 0.120. The minimum Gasteiger partial charge on any atom is -0.507 e. The van der Waals surface area contributed by atoms with Gasteiger partial charge in [-0.2, -0.15) is 5.10 Å². The van der Waals surface area contributed by atoms with Crippen LogP contribution in [0.2, 0.25) is 0 Å². The number of furan rings is 1. The average molecular weight is 343 g/mol. The molecule has 1 aromatic carbocycles. The second-order valence-corrected chi connectivity index (χ2v) is 5.77. The predicted octanol–water partition coefficient (Wildman–Crippen LogP) is 3.34. The molecule has 8 heteroatoms. The third kappa shape index (κ3) is 3.49. The van der Waals surface area contributed by atoms with Crippen LogP contribution in [0.4, 0.5) is 0 Å². The average Bonchev–Trinajstić information content (AvgIpc) is 3.27. The summed E-state index contributed by atoms with van der Waals surface area (Å²) in [4.78, 5) is 17.3. The van der Waals surface area contributed by atoms with Crippen LogP contribution in [-0.4, -0.2) is 33.2 Å². The Labute approximate surface area is 141 Å². The minimum absolute atomic E-state index is 0.0504. The van der Waals surface area contributed by atoms with E-state index < -0.39 is 5.78 Å². The third-order valence-electron chi connectivity index (χ3n) is 3.11. The minimum atomic E-state index is -0.480. The highest BCUT2D eigenvalue weighted by Crippen LogP contribution is 2.34. The summed E-state index contributed by atoms with van der Waals surface area (Å²) >= 11 is 1.40. The van der Waals surface area contributed by atoms with Crippen LogP contribution in [0.15, 0.2) is 63.4 Å². The molecule has 2 aromatic heterocycles. The van der Waals surface area contributed by atoms with E-state index in [4.69, 9.17) is 9.15 Å². The van der Waals surface area contributed by atoms with Gasteiger partial charge in [-0.25, -0.2) is 4.98 Å². The number of rotatable bonds is 6. The lowest BCUT2D eigenvalue weighted by molar-refractivity contribution is 0.103. The first-order valence-corrected chi connectivity index (χ1v) is 7.68. The SMILES string of the molecule is COc1ccc(Sc2cocc2C(O)=CC(=O)c2ncn[nH]2)cc1. The van der Waals surface area contributed by atoms with E-state index in [0.29, 0.717) is 10.5 Å². The van der Waals surface area contributed by atoms with Crippen molar-refractivity contribution in [3.05, 3.63) is 60.6 Å². The van der Waals surface area contributed by atoms with Crippen LogP contribution < -0.4 is 4.74 Å². The number of aliphatic hydroxyl groups is 1. The van der Waals surface area contributed by atoms with Gasteiger partial charge in [-0.15, -0.1) is 0 Å². The van der Waals surface area contributed by atoms with E-state index in [2.05, 4.69) is 15.2 Å². The molecule has 0 bridgehead atoms. The van der Waals surface area contributed by atoms with E-state index in [1.54, 1.807) is 7.11 Å². The van der Waals surface area contributed by atoms with Gasteiger partial charge in [0.1, 0.15) is 30.4 Å². The maximum absolute atomic E-state index is 11.9. The third-order valence-corrected chi connectivity index (χ3v) is 4.15. The van der Waals surface area contributed by atoms with E-state index in [9.17, 15) is 9.90 Å². The monoisotopic (exact) mass is 343 g/mol. The highest BCUT2D eigenvalue weighted by molar-refractivity contribution is 7.99. The number of aromatic amines is 1. The Hall–Kier alpha value is -3.00. The smallest absolute Gasteiger partial charge is 0.226 e. The molecule has 7 nitrogen and oxygen atoms in total. The number of aliphatic hydroxyl groups excluding tert-OH is 1. The number of allylic oxidation sites excluding steroid dienone is 1. The molecule has 0 radical (unpaired) electrons. The lowest BCUT2D eigenvalue weighted by atomic mass is 10.2. The molecule has 2 heterocycles. The Morgan fingerprint density at radius 3 is 2.79 bits per heavy atom. The van der Waals surface area contributed by atoms with Crippen LogP contribution in [0.5, 0.6) is 5.75 Å². The molecule has 0 atom stereocenters. The van der Waals surface area contributed by atoms with Gasteiger partial charge in [0.25, 0.3) is 0 Å². The molecule has 0 saturated carbocycles. The summed E-state index contributed by atoms with van der Waals surface area (Å²) in [5.41, 5.74) is 0.420. The van der Waals surface area contributed by atoms with Gasteiger partial charge in [0, 0.05) is 11.0 Å². The van der Waals surface area contributed by atoms with Crippen LogP contribution in [0.1, 0.15) is 16.2 Å². The molecule has 3 rings (SSSR count). The molecule has 0 unspecified atom stereocenters. The van der Waals surface area contributed by atoms with E-state index in [1.165, 1.54) is 30.6 Å². The molecule has 2 N–H and O–H groups in total. The molecular weight excluding hydrogens is 330 g/mol. The molecule has 0 aliphatic carbocycles. The number of benzene rings is 1. The summed E-state index contributed by atoms with van der Waals surface area (Å²) in [5, 5.41) is 16.3. The van der Waals surface area contributed by atoms with Crippen LogP contribution in [0, 0.1) is 0 Å². The molecule has 24 heavy (non-hydrogen) atoms. The lowest BCUT2D eigenvalue weighted by Crippen LogP contribution is -1.99. The van der Waals surface area contributed by atoms with Gasteiger partial charge < -0.3 is 14.3 Å². The van der Waals surface area contributed by atoms with E-state index in [0.717, 1.165) is 16.7 Å². The Morgan fingerprint density at radius 2 is 2.12 bits per heavy atom. The van der Waals surface area contributed by atoms with Crippen LogP contribution in [0.25, 0.3) is 5.76 Å². The van der Waals surface area contributed by atoms with Gasteiger partial charge in [0.05, 0.1) is 17.6 Å². The zero-order valence-corrected chi connectivity index (χ0v) is 13.4. The van der Waals surface area contributed by atoms with Crippen molar-refractivity contribution in [3.8, 4) is 5.75 Å². The standard InChI is InChI=1S/C16H13N3O4S/c1-22-10-2-4-11(5-3-10)24-15-8-23-7-12(15)13(20)6-14(21)16-17-9-18-19-16/h2-9,20H,1H3,(H,17,18,19). The molecule has 0 aliphatic rings. The predicted molar refractivity (Wildman–Crippen MR) is 87.1 cm³/mol. The number of nitrogens with one attached hydrogen (secondary N) is 1. The highest BCUT2D eigenvalue weighted by atomic mass is 32.2. The van der Waals surface area contributed by atoms with Crippen molar-refractivity contribution in [2.45, 2.75) is 9.79 Å². The van der Waals surface area contributed by atoms with Gasteiger partial charge >= 0.3 is 0 Å². The Balaban J connectivity index is 1.80. The number of carbonyl (C=O) groups excluding carboxylic acids is 1. The normalized spacial score (nSPS) is 11.5. The topological polar surface area (TPSA) is 101 Å². The van der Waals surface area contributed by atoms with Crippen molar-refractivity contribution in [1.29, 1.82) is 0 Å². The van der Waals surface area contributed by atoms with Crippen LogP contribution >= 0.6 is 11.8 Å². The van der Waals surface area contributed by atoms with Crippen molar-refractivity contribution in [3.63, 3.8) is 0 Å². The van der Waals surface area contributed by atoms with Crippen molar-refractivity contribution >= 4 is 23.3 Å². The van der Waals surface area contributed by atoms with Gasteiger partial charge in [0.15, 0.2) is 5.82 Å². The summed E-state index contributed by atoms with van der Waals surface area (Å²) in [6.07, 6.45) is 5.18. The summed E-state index contributed by atoms with van der Waals surface area (Å²) in [6.45, 7) is 0. The Morgan fingerprint density at radius 1 is 1.33 bits per heavy atom. The number of ether oxygens (including phenoxy) is 1. The van der Waals surface area contributed by atoms with E-state index >= 15 is 0 Å². The zero-order valence-electron chi connectivity index (χ0n) is 12.6. The van der Waals surface area contributed by atoms with Gasteiger partial charge in [0.2, 0.25) is 5.78 Å². The number of nitrogens with zero attached hydrogens (tertiary/aromatic N) is 2. The maximum atomic E-state index is 11.9. The second kappa shape index (κ2) is 7.05. The first-order chi connectivity index (χ1) is 11.7. The number of carbonyl (C=O) groups is 1. The molecule has 0 fully saturated rings. The largest absolute Gasteiger partial charge is 0.507 e. The molecular formula is C16H13N3O4S. The number of H-pyrrole nitrogens is 1. The van der Waals surface area contributed by atoms with E-state index in [1.807, 2.05) is 24.3 Å². The fraction of sp³-hybridized carbons (Fsp3) is 0.0625. The first-order valence-electron chi connectivity index (χ1n) is 6.86. The Bertz CT molecular complexity index is 854. The fourth-order valence-electron chi connectivity index (χ4n) is 1.92. The van der Waals surface area contributed by atoms with Crippen LogP contribution in [-0.2, 0) is 0 Å². The first kappa shape index (κ1) is 15.9. The van der Waals surface area contributed by atoms with Crippen molar-refractivity contribution in [2.75, 3.05) is 7.11 Å². The molecule has 122 valence electrons. The molecule has 0 amide bonds. The van der Waals surface area contributed by atoms with Gasteiger partial charge in [-0.3, -0.25) is 9.89 Å². The maximum Gasteiger partial charge on any atom is 0.226 e. The zero-order chi connectivity index (χ0) is 16.9. The number of hydrogen-bond donors (Lipinski definition) is 2. The quantitative estimate of drug-likeness (QED) is 0.402. The Kier molecular flexibility index (Phi) is 4.66. The van der Waals surface area contributed by atoms with Gasteiger partial charge in [-0.1, -0.05) is 11.8 Å². The number of methoxy groups -OCH3 is 1. The lowest BCUT2D eigenvalue weighted by Gasteiger charge is -2.04. The molecule has 0 spiro atoms. The molecule has 3 aromatic rings. The number of ketones is 1. The fourth-order valence-corrected chi connectivity index (χ4v) is 2.81. The van der Waals surface area contributed by atoms with Crippen molar-refractivity contribution in [1.82, 2.24) is 15.2 Å². The second-order valence-electron chi connectivity index (χ2n) is 4.66. The van der Waals surface area contributed by atoms with Gasteiger partial charge in [-0.05, 0) is 24.3 Å². The summed E-state index contributed by atoms with van der Waals surface area (Å²) in [6, 6.07) is 7.46. The number of hydrogen-bond acceptors (Lipinski definition) is 7. The summed E-state index contributed by atoms with van der Waals surface area (Å²) in [7, 11) is 1.60. The molecule has 0 aliphatic heterocycles. The van der Waals surface area contributed by atoms with Crippen molar-refractivity contribution in [2.24, 2.45) is 0 Å². The number of aromatic nitrogens is 3. The summed E-state index contributed by atoms with van der Waals surface area (Å²) < 4.78 is 10.3.